The highest BCUT2D eigenvalue weighted by molar-refractivity contribution is 6.30. The van der Waals surface area contributed by atoms with Crippen molar-refractivity contribution in [2.75, 3.05) is 19.6 Å². The topological polar surface area (TPSA) is 32.3 Å². The van der Waals surface area contributed by atoms with Crippen LogP contribution in [0.4, 0.5) is 0 Å². The quantitative estimate of drug-likeness (QED) is 0.747. The van der Waals surface area contributed by atoms with Crippen LogP contribution in [0.5, 0.6) is 0 Å². The lowest BCUT2D eigenvalue weighted by Crippen LogP contribution is -2.45. The predicted molar refractivity (Wildman–Crippen MR) is 63.2 cm³/mol. The molecule has 3 nitrogen and oxygen atoms in total. The SMILES string of the molecule is CC(Cl)C(=O)NCC(C)N1CCCCC1. The maximum absolute atomic E-state index is 11.3. The van der Waals surface area contributed by atoms with Crippen molar-refractivity contribution in [1.82, 2.24) is 10.2 Å². The van der Waals surface area contributed by atoms with Gasteiger partial charge in [-0.2, -0.15) is 0 Å². The lowest BCUT2D eigenvalue weighted by molar-refractivity contribution is -0.120. The van der Waals surface area contributed by atoms with Crippen LogP contribution in [0.1, 0.15) is 33.1 Å². The summed E-state index contributed by atoms with van der Waals surface area (Å²) in [6.07, 6.45) is 3.91. The molecular formula is C11H21ClN2O. The first-order valence-electron chi connectivity index (χ1n) is 5.77. The van der Waals surface area contributed by atoms with Gasteiger partial charge >= 0.3 is 0 Å². The number of amides is 1. The number of carbonyl (C=O) groups excluding carboxylic acids is 1. The molecule has 0 saturated carbocycles. The van der Waals surface area contributed by atoms with Gasteiger partial charge in [-0.15, -0.1) is 11.6 Å². The molecule has 4 heteroatoms. The molecule has 15 heavy (non-hydrogen) atoms. The van der Waals surface area contributed by atoms with Gasteiger partial charge in [0.2, 0.25) is 5.91 Å². The summed E-state index contributed by atoms with van der Waals surface area (Å²) >= 11 is 5.67. The highest BCUT2D eigenvalue weighted by Gasteiger charge is 2.17. The lowest BCUT2D eigenvalue weighted by Gasteiger charge is -2.32. The molecule has 1 aliphatic rings. The summed E-state index contributed by atoms with van der Waals surface area (Å²) in [7, 11) is 0. The van der Waals surface area contributed by atoms with Gasteiger partial charge in [0.1, 0.15) is 5.38 Å². The minimum Gasteiger partial charge on any atom is -0.353 e. The van der Waals surface area contributed by atoms with E-state index in [1.807, 2.05) is 0 Å². The molecule has 1 rings (SSSR count). The monoisotopic (exact) mass is 232 g/mol. The zero-order valence-corrected chi connectivity index (χ0v) is 10.4. The average Bonchev–Trinajstić information content (AvgIpc) is 2.26. The van der Waals surface area contributed by atoms with Crippen molar-refractivity contribution in [3.63, 3.8) is 0 Å². The van der Waals surface area contributed by atoms with Crippen LogP contribution in [0.3, 0.4) is 0 Å². The summed E-state index contributed by atoms with van der Waals surface area (Å²) in [6, 6.07) is 0.421. The number of nitrogens with zero attached hydrogens (tertiary/aromatic N) is 1. The largest absolute Gasteiger partial charge is 0.353 e. The van der Waals surface area contributed by atoms with Crippen LogP contribution in [0, 0.1) is 0 Å². The molecular weight excluding hydrogens is 212 g/mol. The molecule has 1 N–H and O–H groups in total. The fourth-order valence-electron chi connectivity index (χ4n) is 1.88. The van der Waals surface area contributed by atoms with E-state index >= 15 is 0 Å². The zero-order valence-electron chi connectivity index (χ0n) is 9.63. The average molecular weight is 233 g/mol. The molecule has 1 amide bonds. The molecule has 0 bridgehead atoms. The Labute approximate surface area is 97.2 Å². The van der Waals surface area contributed by atoms with Gasteiger partial charge in [-0.1, -0.05) is 6.42 Å². The van der Waals surface area contributed by atoms with Crippen LogP contribution in [0.25, 0.3) is 0 Å². The van der Waals surface area contributed by atoms with Crippen molar-refractivity contribution in [1.29, 1.82) is 0 Å². The molecule has 0 radical (unpaired) electrons. The summed E-state index contributed by atoms with van der Waals surface area (Å²) in [5.41, 5.74) is 0. The van der Waals surface area contributed by atoms with Gasteiger partial charge in [-0.25, -0.2) is 0 Å². The molecule has 0 spiro atoms. The van der Waals surface area contributed by atoms with E-state index in [1.54, 1.807) is 6.92 Å². The summed E-state index contributed by atoms with van der Waals surface area (Å²) in [4.78, 5) is 13.7. The van der Waals surface area contributed by atoms with E-state index in [0.29, 0.717) is 12.6 Å². The van der Waals surface area contributed by atoms with Gasteiger partial charge in [-0.3, -0.25) is 9.69 Å². The Balaban J connectivity index is 2.22. The Morgan fingerprint density at radius 2 is 1.93 bits per heavy atom. The van der Waals surface area contributed by atoms with Crippen molar-refractivity contribution in [3.8, 4) is 0 Å². The van der Waals surface area contributed by atoms with Crippen LogP contribution in [0.15, 0.2) is 0 Å². The van der Waals surface area contributed by atoms with Crippen molar-refractivity contribution in [2.45, 2.75) is 44.5 Å². The van der Waals surface area contributed by atoms with E-state index in [9.17, 15) is 4.79 Å². The van der Waals surface area contributed by atoms with E-state index in [0.717, 1.165) is 13.1 Å². The van der Waals surface area contributed by atoms with Gasteiger partial charge in [0, 0.05) is 12.6 Å². The fraction of sp³-hybridized carbons (Fsp3) is 0.909. The fourth-order valence-corrected chi connectivity index (χ4v) is 1.95. The molecule has 88 valence electrons. The molecule has 0 aromatic heterocycles. The van der Waals surface area contributed by atoms with E-state index in [1.165, 1.54) is 19.3 Å². The molecule has 1 heterocycles. The van der Waals surface area contributed by atoms with Crippen LogP contribution in [-0.4, -0.2) is 41.9 Å². The standard InChI is InChI=1S/C11H21ClN2O/c1-9(8-13-11(15)10(2)12)14-6-4-3-5-7-14/h9-10H,3-8H2,1-2H3,(H,13,15). The third-order valence-corrected chi connectivity index (χ3v) is 3.15. The van der Waals surface area contributed by atoms with Gasteiger partial charge in [0.15, 0.2) is 0 Å². The maximum atomic E-state index is 11.3. The first-order chi connectivity index (χ1) is 7.11. The molecule has 1 aliphatic heterocycles. The molecule has 1 fully saturated rings. The van der Waals surface area contributed by atoms with E-state index in [2.05, 4.69) is 17.1 Å². The second-order valence-electron chi connectivity index (χ2n) is 4.31. The van der Waals surface area contributed by atoms with Gasteiger partial charge in [0.25, 0.3) is 0 Å². The molecule has 0 aromatic carbocycles. The molecule has 2 atom stereocenters. The van der Waals surface area contributed by atoms with Crippen LogP contribution in [0.2, 0.25) is 0 Å². The summed E-state index contributed by atoms with van der Waals surface area (Å²) in [5, 5.41) is 2.43. The van der Waals surface area contributed by atoms with Crippen molar-refractivity contribution < 1.29 is 4.79 Å². The first kappa shape index (κ1) is 12.8. The Hall–Kier alpha value is -0.280. The Bertz CT molecular complexity index is 203. The number of halogens is 1. The predicted octanol–water partition coefficient (Wildman–Crippen LogP) is 1.60. The second-order valence-corrected chi connectivity index (χ2v) is 4.96. The molecule has 2 unspecified atom stereocenters. The van der Waals surface area contributed by atoms with Crippen molar-refractivity contribution in [3.05, 3.63) is 0 Å². The third-order valence-electron chi connectivity index (χ3n) is 2.95. The molecule has 1 saturated heterocycles. The molecule has 0 aliphatic carbocycles. The summed E-state index contributed by atoms with van der Waals surface area (Å²) in [6.45, 7) is 6.88. The number of hydrogen-bond acceptors (Lipinski definition) is 2. The van der Waals surface area contributed by atoms with Gasteiger partial charge in [0.05, 0.1) is 0 Å². The number of piperidine rings is 1. The summed E-state index contributed by atoms with van der Waals surface area (Å²) in [5.74, 6) is -0.0690. The maximum Gasteiger partial charge on any atom is 0.237 e. The van der Waals surface area contributed by atoms with Crippen molar-refractivity contribution in [2.24, 2.45) is 0 Å². The van der Waals surface area contributed by atoms with Crippen molar-refractivity contribution >= 4 is 17.5 Å². The van der Waals surface area contributed by atoms with E-state index in [4.69, 9.17) is 11.6 Å². The second kappa shape index (κ2) is 6.33. The van der Waals surface area contributed by atoms with Crippen LogP contribution >= 0.6 is 11.6 Å². The minimum absolute atomic E-state index is 0.0690. The highest BCUT2D eigenvalue weighted by atomic mass is 35.5. The minimum atomic E-state index is -0.432. The number of nitrogens with one attached hydrogen (secondary N) is 1. The Morgan fingerprint density at radius 1 is 1.33 bits per heavy atom. The number of carbonyl (C=O) groups is 1. The van der Waals surface area contributed by atoms with Crippen LogP contribution < -0.4 is 5.32 Å². The Morgan fingerprint density at radius 3 is 2.47 bits per heavy atom. The van der Waals surface area contributed by atoms with E-state index in [-0.39, 0.29) is 5.91 Å². The van der Waals surface area contributed by atoms with Crippen LogP contribution in [-0.2, 0) is 4.79 Å². The zero-order chi connectivity index (χ0) is 11.3. The normalized spacial score (nSPS) is 22.1. The Kier molecular flexibility index (Phi) is 5.40. The molecule has 0 aromatic rings. The summed E-state index contributed by atoms with van der Waals surface area (Å²) < 4.78 is 0. The smallest absolute Gasteiger partial charge is 0.237 e. The highest BCUT2D eigenvalue weighted by Crippen LogP contribution is 2.11. The van der Waals surface area contributed by atoms with Gasteiger partial charge < -0.3 is 5.32 Å². The first-order valence-corrected chi connectivity index (χ1v) is 6.20. The third kappa shape index (κ3) is 4.39. The number of likely N-dealkylation sites (tertiary alicyclic amines) is 1. The van der Waals surface area contributed by atoms with Gasteiger partial charge in [-0.05, 0) is 39.8 Å². The number of rotatable bonds is 4. The number of alkyl halides is 1. The lowest BCUT2D eigenvalue weighted by atomic mass is 10.1. The van der Waals surface area contributed by atoms with E-state index < -0.39 is 5.38 Å². The number of hydrogen-bond donors (Lipinski definition) is 1.